The van der Waals surface area contributed by atoms with Gasteiger partial charge in [0, 0.05) is 56.4 Å². The number of nitrogens with zero attached hydrogens (tertiary/aromatic N) is 4. The molecular formula is C26H35N5O6. The molecule has 200 valence electrons. The number of anilines is 2. The fourth-order valence-electron chi connectivity index (χ4n) is 4.35. The third-order valence-electron chi connectivity index (χ3n) is 6.00. The van der Waals surface area contributed by atoms with Gasteiger partial charge in [-0.3, -0.25) is 19.6 Å². The summed E-state index contributed by atoms with van der Waals surface area (Å²) >= 11 is 0. The smallest absolute Gasteiger partial charge is 0.419 e. The largest absolute Gasteiger partial charge is 0.444 e. The summed E-state index contributed by atoms with van der Waals surface area (Å²) in [5, 5.41) is 3.14. The van der Waals surface area contributed by atoms with Crippen LogP contribution in [-0.2, 0) is 14.3 Å². The molecule has 0 saturated carbocycles. The van der Waals surface area contributed by atoms with Crippen LogP contribution in [0.15, 0.2) is 24.4 Å². The second-order valence-corrected chi connectivity index (χ2v) is 11.3. The third-order valence-corrected chi connectivity index (χ3v) is 6.00. The van der Waals surface area contributed by atoms with E-state index >= 15 is 0 Å². The topological polar surface area (TPSA) is 113 Å². The van der Waals surface area contributed by atoms with E-state index in [0.717, 1.165) is 11.1 Å². The minimum Gasteiger partial charge on any atom is -0.444 e. The number of carbonyl (C=O) groups is 4. The first kappa shape index (κ1) is 26.3. The molecule has 3 heterocycles. The Morgan fingerprint density at radius 1 is 0.865 bits per heavy atom. The Bertz CT molecular complexity index is 1230. The number of benzene rings is 1. The number of hydrogen-bond acceptors (Lipinski definition) is 7. The molecule has 2 saturated heterocycles. The fraction of sp³-hybridized carbons (Fsp3) is 0.538. The van der Waals surface area contributed by atoms with Gasteiger partial charge in [0.25, 0.3) is 0 Å². The van der Waals surface area contributed by atoms with Gasteiger partial charge in [-0.1, -0.05) is 0 Å². The number of fused-ring (bicyclic) bond motifs is 1. The fourth-order valence-corrected chi connectivity index (χ4v) is 4.35. The second-order valence-electron chi connectivity index (χ2n) is 11.3. The molecule has 0 unspecified atom stereocenters. The van der Waals surface area contributed by atoms with E-state index in [1.165, 1.54) is 9.47 Å². The van der Waals surface area contributed by atoms with Gasteiger partial charge in [0.2, 0.25) is 5.91 Å². The predicted octanol–water partition coefficient (Wildman–Crippen LogP) is 3.93. The van der Waals surface area contributed by atoms with Gasteiger partial charge in [0.1, 0.15) is 11.2 Å². The molecule has 4 rings (SSSR count). The maximum absolute atomic E-state index is 13.2. The third kappa shape index (κ3) is 5.98. The van der Waals surface area contributed by atoms with E-state index in [9.17, 15) is 19.2 Å². The van der Waals surface area contributed by atoms with Crippen molar-refractivity contribution in [2.24, 2.45) is 0 Å². The highest BCUT2D eigenvalue weighted by Crippen LogP contribution is 2.34. The standard InChI is InChI=1S/C26H35N5O6/c1-25(2,3)36-23(34)29-13-11-28(12-14-29)20-16-31(24(35)37-26(4,5)6)19-15-17(7-8-18(19)20)30-10-9-21(32)27-22(30)33/h7-8,15-16H,9-14H2,1-6H3,(H,27,32,33). The van der Waals surface area contributed by atoms with Crippen molar-refractivity contribution in [2.75, 3.05) is 42.5 Å². The molecular weight excluding hydrogens is 478 g/mol. The lowest BCUT2D eigenvalue weighted by atomic mass is 10.1. The van der Waals surface area contributed by atoms with Crippen LogP contribution >= 0.6 is 0 Å². The van der Waals surface area contributed by atoms with E-state index < -0.39 is 23.3 Å². The van der Waals surface area contributed by atoms with E-state index in [1.54, 1.807) is 44.0 Å². The molecule has 2 aliphatic heterocycles. The number of aromatic nitrogens is 1. The van der Waals surface area contributed by atoms with Crippen molar-refractivity contribution in [3.05, 3.63) is 24.4 Å². The second kappa shape index (κ2) is 9.60. The van der Waals surface area contributed by atoms with Crippen LogP contribution in [0.1, 0.15) is 48.0 Å². The zero-order chi connectivity index (χ0) is 27.1. The van der Waals surface area contributed by atoms with Crippen molar-refractivity contribution in [1.82, 2.24) is 14.8 Å². The summed E-state index contributed by atoms with van der Waals surface area (Å²) in [6, 6.07) is 4.93. The average Bonchev–Trinajstić information content (AvgIpc) is 3.16. The number of urea groups is 1. The van der Waals surface area contributed by atoms with Crippen LogP contribution in [-0.4, -0.2) is 77.5 Å². The molecule has 0 radical (unpaired) electrons. The predicted molar refractivity (Wildman–Crippen MR) is 139 cm³/mol. The number of carbonyl (C=O) groups excluding carboxylic acids is 4. The van der Waals surface area contributed by atoms with Crippen LogP contribution in [0, 0.1) is 0 Å². The summed E-state index contributed by atoms with van der Waals surface area (Å²) < 4.78 is 12.6. The maximum atomic E-state index is 13.2. The van der Waals surface area contributed by atoms with Gasteiger partial charge in [-0.2, -0.15) is 0 Å². The highest BCUT2D eigenvalue weighted by Gasteiger charge is 2.30. The summed E-state index contributed by atoms with van der Waals surface area (Å²) in [6.07, 6.45) is 1.06. The Labute approximate surface area is 216 Å². The van der Waals surface area contributed by atoms with Gasteiger partial charge in [0.05, 0.1) is 11.2 Å². The molecule has 2 aliphatic rings. The van der Waals surface area contributed by atoms with Crippen LogP contribution in [0.3, 0.4) is 0 Å². The Hall–Kier alpha value is -3.76. The zero-order valence-corrected chi connectivity index (χ0v) is 22.3. The van der Waals surface area contributed by atoms with E-state index in [-0.39, 0.29) is 25.0 Å². The summed E-state index contributed by atoms with van der Waals surface area (Å²) in [6.45, 7) is 13.3. The molecule has 0 bridgehead atoms. The van der Waals surface area contributed by atoms with Gasteiger partial charge in [-0.05, 0) is 59.7 Å². The van der Waals surface area contributed by atoms with Crippen molar-refractivity contribution in [1.29, 1.82) is 0 Å². The lowest BCUT2D eigenvalue weighted by molar-refractivity contribution is -0.120. The highest BCUT2D eigenvalue weighted by molar-refractivity contribution is 6.07. The zero-order valence-electron chi connectivity index (χ0n) is 22.3. The Morgan fingerprint density at radius 2 is 1.49 bits per heavy atom. The van der Waals surface area contributed by atoms with Crippen LogP contribution < -0.4 is 15.1 Å². The van der Waals surface area contributed by atoms with Crippen molar-refractivity contribution in [3.8, 4) is 0 Å². The maximum Gasteiger partial charge on any atom is 0.419 e. The summed E-state index contributed by atoms with van der Waals surface area (Å²) in [4.78, 5) is 54.9. The van der Waals surface area contributed by atoms with Crippen LogP contribution in [0.25, 0.3) is 10.9 Å². The van der Waals surface area contributed by atoms with Crippen molar-refractivity contribution in [3.63, 3.8) is 0 Å². The molecule has 11 nitrogen and oxygen atoms in total. The first-order valence-electron chi connectivity index (χ1n) is 12.4. The SMILES string of the molecule is CC(C)(C)OC(=O)N1CCN(c2cn(C(=O)OC(C)(C)C)c3cc(N4CCC(=O)NC4=O)ccc23)CC1. The van der Waals surface area contributed by atoms with Crippen LogP contribution in [0.5, 0.6) is 0 Å². The van der Waals surface area contributed by atoms with Crippen molar-refractivity contribution >= 4 is 46.4 Å². The number of nitrogens with one attached hydrogen (secondary N) is 1. The Morgan fingerprint density at radius 3 is 2.08 bits per heavy atom. The molecule has 37 heavy (non-hydrogen) atoms. The Balaban J connectivity index is 1.64. The highest BCUT2D eigenvalue weighted by atomic mass is 16.6. The molecule has 0 aliphatic carbocycles. The van der Waals surface area contributed by atoms with E-state index in [0.29, 0.717) is 37.4 Å². The molecule has 2 fully saturated rings. The minimum absolute atomic E-state index is 0.198. The number of piperazine rings is 1. The van der Waals surface area contributed by atoms with E-state index in [1.807, 2.05) is 26.8 Å². The molecule has 1 N–H and O–H groups in total. The first-order valence-corrected chi connectivity index (χ1v) is 12.4. The van der Waals surface area contributed by atoms with E-state index in [4.69, 9.17) is 9.47 Å². The molecule has 0 spiro atoms. The summed E-state index contributed by atoms with van der Waals surface area (Å²) in [7, 11) is 0. The van der Waals surface area contributed by atoms with Gasteiger partial charge in [0.15, 0.2) is 0 Å². The number of ether oxygens (including phenoxy) is 2. The summed E-state index contributed by atoms with van der Waals surface area (Å²) in [5.74, 6) is -0.313. The molecule has 0 atom stereocenters. The molecule has 1 aromatic heterocycles. The number of rotatable bonds is 2. The quantitative estimate of drug-likeness (QED) is 0.647. The minimum atomic E-state index is -0.697. The lowest BCUT2D eigenvalue weighted by Crippen LogP contribution is -2.50. The van der Waals surface area contributed by atoms with Crippen LogP contribution in [0.4, 0.5) is 25.8 Å². The van der Waals surface area contributed by atoms with Crippen molar-refractivity contribution in [2.45, 2.75) is 59.2 Å². The molecule has 1 aromatic carbocycles. The number of amides is 4. The lowest BCUT2D eigenvalue weighted by Gasteiger charge is -2.36. The molecule has 11 heteroatoms. The van der Waals surface area contributed by atoms with Crippen LogP contribution in [0.2, 0.25) is 0 Å². The normalized spacial score (nSPS) is 17.2. The number of hydrogen-bond donors (Lipinski definition) is 1. The Kier molecular flexibility index (Phi) is 6.83. The van der Waals surface area contributed by atoms with E-state index in [2.05, 4.69) is 10.2 Å². The molecule has 4 amide bonds. The average molecular weight is 514 g/mol. The van der Waals surface area contributed by atoms with Gasteiger partial charge >= 0.3 is 18.2 Å². The number of imide groups is 1. The van der Waals surface area contributed by atoms with Gasteiger partial charge in [-0.15, -0.1) is 0 Å². The monoisotopic (exact) mass is 513 g/mol. The molecule has 2 aromatic rings. The van der Waals surface area contributed by atoms with Gasteiger partial charge < -0.3 is 19.3 Å². The first-order chi connectivity index (χ1) is 17.2. The summed E-state index contributed by atoms with van der Waals surface area (Å²) in [5.41, 5.74) is 0.723. The van der Waals surface area contributed by atoms with Gasteiger partial charge in [-0.25, -0.2) is 14.4 Å². The van der Waals surface area contributed by atoms with Crippen molar-refractivity contribution < 1.29 is 28.7 Å².